The SMILES string of the molecule is COCCN1CCN(c2cc(C)nc3nc(C(F)(F)F)nn23)CC1. The van der Waals surface area contributed by atoms with Crippen LogP contribution in [0.15, 0.2) is 6.07 Å². The molecule has 0 bridgehead atoms. The van der Waals surface area contributed by atoms with Gasteiger partial charge in [0.25, 0.3) is 11.6 Å². The number of aromatic nitrogens is 4. The molecule has 0 saturated carbocycles. The predicted molar refractivity (Wildman–Crippen MR) is 81.1 cm³/mol. The molecule has 3 heterocycles. The van der Waals surface area contributed by atoms with Crippen LogP contribution in [0.25, 0.3) is 5.78 Å². The topological polar surface area (TPSA) is 58.8 Å². The molecule has 1 saturated heterocycles. The first-order chi connectivity index (χ1) is 11.4. The van der Waals surface area contributed by atoms with Crippen LogP contribution in [0.3, 0.4) is 0 Å². The molecule has 0 unspecified atom stereocenters. The van der Waals surface area contributed by atoms with Crippen molar-refractivity contribution in [1.29, 1.82) is 0 Å². The quantitative estimate of drug-likeness (QED) is 0.831. The van der Waals surface area contributed by atoms with E-state index in [9.17, 15) is 13.2 Å². The average molecular weight is 344 g/mol. The van der Waals surface area contributed by atoms with E-state index in [2.05, 4.69) is 20.0 Å². The summed E-state index contributed by atoms with van der Waals surface area (Å²) in [5, 5.41) is 3.61. The minimum absolute atomic E-state index is 0.0286. The zero-order chi connectivity index (χ0) is 17.3. The van der Waals surface area contributed by atoms with Crippen molar-refractivity contribution >= 4 is 11.6 Å². The number of alkyl halides is 3. The molecule has 0 spiro atoms. The second-order valence-electron chi connectivity index (χ2n) is 5.72. The molecule has 0 aromatic carbocycles. The summed E-state index contributed by atoms with van der Waals surface area (Å²) < 4.78 is 44.9. The van der Waals surface area contributed by atoms with Gasteiger partial charge in [-0.15, -0.1) is 5.10 Å². The van der Waals surface area contributed by atoms with Gasteiger partial charge in [-0.05, 0) is 6.92 Å². The Balaban J connectivity index is 1.85. The molecule has 24 heavy (non-hydrogen) atoms. The molecule has 132 valence electrons. The predicted octanol–water partition coefficient (Wildman–Crippen LogP) is 1.22. The number of methoxy groups -OCH3 is 1. The first-order valence-electron chi connectivity index (χ1n) is 7.66. The minimum Gasteiger partial charge on any atom is -0.383 e. The Hall–Kier alpha value is -1.94. The number of nitrogens with zero attached hydrogens (tertiary/aromatic N) is 6. The van der Waals surface area contributed by atoms with Crippen molar-refractivity contribution in [1.82, 2.24) is 24.5 Å². The number of piperazine rings is 1. The van der Waals surface area contributed by atoms with E-state index in [1.165, 1.54) is 4.52 Å². The molecule has 2 aromatic rings. The smallest absolute Gasteiger partial charge is 0.383 e. The highest BCUT2D eigenvalue weighted by Crippen LogP contribution is 2.28. The molecule has 0 radical (unpaired) electrons. The number of ether oxygens (including phenoxy) is 1. The molecule has 10 heteroatoms. The van der Waals surface area contributed by atoms with Crippen molar-refractivity contribution in [2.45, 2.75) is 13.1 Å². The maximum atomic E-state index is 12.9. The van der Waals surface area contributed by atoms with Gasteiger partial charge in [-0.1, -0.05) is 0 Å². The van der Waals surface area contributed by atoms with Crippen LogP contribution in [-0.4, -0.2) is 70.9 Å². The first-order valence-corrected chi connectivity index (χ1v) is 7.66. The van der Waals surface area contributed by atoms with E-state index in [-0.39, 0.29) is 5.78 Å². The molecule has 2 aromatic heterocycles. The highest BCUT2D eigenvalue weighted by atomic mass is 19.4. The molecular formula is C14H19F3N6O. The van der Waals surface area contributed by atoms with Crippen LogP contribution < -0.4 is 4.90 Å². The van der Waals surface area contributed by atoms with Crippen LogP contribution >= 0.6 is 0 Å². The summed E-state index contributed by atoms with van der Waals surface area (Å²) in [6.45, 7) is 6.26. The number of aryl methyl sites for hydroxylation is 1. The summed E-state index contributed by atoms with van der Waals surface area (Å²) >= 11 is 0. The van der Waals surface area contributed by atoms with E-state index in [1.807, 2.05) is 4.90 Å². The highest BCUT2D eigenvalue weighted by molar-refractivity contribution is 5.48. The monoisotopic (exact) mass is 344 g/mol. The van der Waals surface area contributed by atoms with Crippen LogP contribution in [0.2, 0.25) is 0 Å². The Bertz CT molecular complexity index is 708. The maximum Gasteiger partial charge on any atom is 0.453 e. The fourth-order valence-electron chi connectivity index (χ4n) is 2.73. The highest BCUT2D eigenvalue weighted by Gasteiger charge is 2.37. The van der Waals surface area contributed by atoms with E-state index >= 15 is 0 Å². The third-order valence-electron chi connectivity index (χ3n) is 3.98. The van der Waals surface area contributed by atoms with Crippen molar-refractivity contribution in [3.05, 3.63) is 17.6 Å². The van der Waals surface area contributed by atoms with Gasteiger partial charge in [0.05, 0.1) is 6.61 Å². The average Bonchev–Trinajstić information content (AvgIpc) is 2.96. The number of halogens is 3. The van der Waals surface area contributed by atoms with Gasteiger partial charge in [0.2, 0.25) is 0 Å². The number of hydrogen-bond acceptors (Lipinski definition) is 6. The van der Waals surface area contributed by atoms with E-state index < -0.39 is 12.0 Å². The van der Waals surface area contributed by atoms with Crippen LogP contribution in [0, 0.1) is 6.92 Å². The van der Waals surface area contributed by atoms with Crippen molar-refractivity contribution < 1.29 is 17.9 Å². The number of anilines is 1. The summed E-state index contributed by atoms with van der Waals surface area (Å²) in [6.07, 6.45) is -4.59. The Kier molecular flexibility index (Phi) is 4.59. The molecule has 0 N–H and O–H groups in total. The molecule has 0 aliphatic carbocycles. The lowest BCUT2D eigenvalue weighted by molar-refractivity contribution is -0.144. The number of fused-ring (bicyclic) bond motifs is 1. The summed E-state index contributed by atoms with van der Waals surface area (Å²) in [5.74, 6) is -0.605. The zero-order valence-electron chi connectivity index (χ0n) is 13.5. The van der Waals surface area contributed by atoms with Gasteiger partial charge < -0.3 is 9.64 Å². The molecule has 1 aliphatic heterocycles. The van der Waals surface area contributed by atoms with Gasteiger partial charge in [0.1, 0.15) is 5.82 Å². The van der Waals surface area contributed by atoms with Gasteiger partial charge in [-0.25, -0.2) is 4.98 Å². The normalized spacial score (nSPS) is 17.0. The zero-order valence-corrected chi connectivity index (χ0v) is 13.5. The number of rotatable bonds is 4. The van der Waals surface area contributed by atoms with Gasteiger partial charge in [-0.3, -0.25) is 4.90 Å². The summed E-state index contributed by atoms with van der Waals surface area (Å²) in [4.78, 5) is 11.8. The van der Waals surface area contributed by atoms with Gasteiger partial charge in [0.15, 0.2) is 0 Å². The maximum absolute atomic E-state index is 12.9. The van der Waals surface area contributed by atoms with Crippen molar-refractivity contribution in [2.24, 2.45) is 0 Å². The lowest BCUT2D eigenvalue weighted by Crippen LogP contribution is -2.47. The lowest BCUT2D eigenvalue weighted by Gasteiger charge is -2.35. The number of hydrogen-bond donors (Lipinski definition) is 0. The van der Waals surface area contributed by atoms with Crippen LogP contribution in [0.4, 0.5) is 19.0 Å². The van der Waals surface area contributed by atoms with E-state index in [0.717, 1.165) is 19.6 Å². The first kappa shape index (κ1) is 16.9. The van der Waals surface area contributed by atoms with Crippen molar-refractivity contribution in [3.63, 3.8) is 0 Å². The fraction of sp³-hybridized carbons (Fsp3) is 0.643. The third-order valence-corrected chi connectivity index (χ3v) is 3.98. The van der Waals surface area contributed by atoms with Crippen LogP contribution in [0.1, 0.15) is 11.5 Å². The Morgan fingerprint density at radius 2 is 1.88 bits per heavy atom. The molecule has 0 atom stereocenters. The van der Waals surface area contributed by atoms with Gasteiger partial charge in [-0.2, -0.15) is 22.7 Å². The fourth-order valence-corrected chi connectivity index (χ4v) is 2.73. The van der Waals surface area contributed by atoms with Gasteiger partial charge in [0, 0.05) is 51.6 Å². The Labute approximate surface area is 137 Å². The summed E-state index contributed by atoms with van der Waals surface area (Å²) in [5.41, 5.74) is 0.612. The Morgan fingerprint density at radius 1 is 1.17 bits per heavy atom. The van der Waals surface area contributed by atoms with Gasteiger partial charge >= 0.3 is 6.18 Å². The standard InChI is InChI=1S/C14H19F3N6O/c1-10-9-11(22-5-3-21(4-6-22)7-8-24-2)23-13(18-10)19-12(20-23)14(15,16)17/h9H,3-8H2,1-2H3. The molecule has 0 amide bonds. The molecular weight excluding hydrogens is 325 g/mol. The third kappa shape index (κ3) is 3.44. The summed E-state index contributed by atoms with van der Waals surface area (Å²) in [6, 6.07) is 1.74. The van der Waals surface area contributed by atoms with E-state index in [0.29, 0.717) is 31.2 Å². The summed E-state index contributed by atoms with van der Waals surface area (Å²) in [7, 11) is 1.66. The minimum atomic E-state index is -4.59. The lowest BCUT2D eigenvalue weighted by atomic mass is 10.3. The van der Waals surface area contributed by atoms with E-state index in [1.54, 1.807) is 20.1 Å². The van der Waals surface area contributed by atoms with Crippen molar-refractivity contribution in [2.75, 3.05) is 51.3 Å². The molecule has 1 fully saturated rings. The van der Waals surface area contributed by atoms with E-state index in [4.69, 9.17) is 4.74 Å². The van der Waals surface area contributed by atoms with Crippen molar-refractivity contribution in [3.8, 4) is 0 Å². The second kappa shape index (κ2) is 6.52. The molecule has 1 aliphatic rings. The van der Waals surface area contributed by atoms with Crippen LogP contribution in [-0.2, 0) is 10.9 Å². The largest absolute Gasteiger partial charge is 0.453 e. The Morgan fingerprint density at radius 3 is 2.50 bits per heavy atom. The molecule has 7 nitrogen and oxygen atoms in total. The second-order valence-corrected chi connectivity index (χ2v) is 5.72. The van der Waals surface area contributed by atoms with Crippen LogP contribution in [0.5, 0.6) is 0 Å². The molecule has 3 rings (SSSR count).